The Balaban J connectivity index is 1.40. The maximum atomic E-state index is 2.42. The van der Waals surface area contributed by atoms with Crippen LogP contribution in [0.4, 0.5) is 0 Å². The molecule has 0 bridgehead atoms. The zero-order chi connectivity index (χ0) is 30.2. The van der Waals surface area contributed by atoms with Gasteiger partial charge in [-0.15, -0.1) is 0 Å². The third-order valence-corrected chi connectivity index (χ3v) is 9.99. The van der Waals surface area contributed by atoms with Gasteiger partial charge in [-0.2, -0.15) is 0 Å². The summed E-state index contributed by atoms with van der Waals surface area (Å²) in [6.07, 6.45) is 0. The number of rotatable bonds is 3. The highest BCUT2D eigenvalue weighted by molar-refractivity contribution is 6.35. The van der Waals surface area contributed by atoms with Gasteiger partial charge in [0.25, 0.3) is 0 Å². The highest BCUT2D eigenvalue weighted by Crippen LogP contribution is 2.48. The first-order valence-corrected chi connectivity index (χ1v) is 16.0. The number of benzene rings is 10. The van der Waals surface area contributed by atoms with Crippen molar-refractivity contribution in [3.63, 3.8) is 0 Å². The zero-order valence-electron chi connectivity index (χ0n) is 25.2. The van der Waals surface area contributed by atoms with Gasteiger partial charge in [-0.05, 0) is 104 Å². The molecule has 0 fully saturated rings. The highest BCUT2D eigenvalue weighted by Gasteiger charge is 2.21. The molecular weight excluding hydrogens is 553 g/mol. The lowest BCUT2D eigenvalue weighted by molar-refractivity contribution is 1.63. The maximum Gasteiger partial charge on any atom is -0.00199 e. The Hall–Kier alpha value is -5.98. The third kappa shape index (κ3) is 3.56. The van der Waals surface area contributed by atoms with Crippen molar-refractivity contribution in [3.05, 3.63) is 170 Å². The van der Waals surface area contributed by atoms with Crippen molar-refractivity contribution in [2.45, 2.75) is 0 Å². The first-order valence-electron chi connectivity index (χ1n) is 16.0. The molecule has 46 heavy (non-hydrogen) atoms. The van der Waals surface area contributed by atoms with Gasteiger partial charge in [0.05, 0.1) is 0 Å². The topological polar surface area (TPSA) is 0 Å². The van der Waals surface area contributed by atoms with Crippen molar-refractivity contribution in [3.8, 4) is 33.4 Å². The van der Waals surface area contributed by atoms with E-state index in [2.05, 4.69) is 170 Å². The number of hydrogen-bond donors (Lipinski definition) is 0. The zero-order valence-corrected chi connectivity index (χ0v) is 25.2. The van der Waals surface area contributed by atoms with Gasteiger partial charge >= 0.3 is 0 Å². The molecule has 212 valence electrons. The predicted molar refractivity (Wildman–Crippen MR) is 199 cm³/mol. The standard InChI is InChI=1S/C46H28/c1-3-12-29(13-4-1)32-24-25-41-42(28-32)46(36-19-8-7-18-33(36)44(41)30-14-5-2-6-15-30)40-27-26-39-35-21-10-17-31-16-9-20-34(43(31)35)37-22-11-23-38(40)45(37)39/h1-28H. The van der Waals surface area contributed by atoms with Crippen LogP contribution in [-0.4, -0.2) is 0 Å². The van der Waals surface area contributed by atoms with Crippen LogP contribution in [0.25, 0.3) is 98.0 Å². The summed E-state index contributed by atoms with van der Waals surface area (Å²) >= 11 is 0. The lowest BCUT2D eigenvalue weighted by Gasteiger charge is -2.21. The molecule has 0 heteroatoms. The SMILES string of the molecule is c1ccc(-c2ccc3c(-c4ccccc4)c4ccccc4c(-c4ccc5c6cccc7cccc(c8cccc4c85)c76)c3c2)cc1. The Morgan fingerprint density at radius 2 is 0.739 bits per heavy atom. The Morgan fingerprint density at radius 3 is 1.46 bits per heavy atom. The van der Waals surface area contributed by atoms with Gasteiger partial charge in [0.15, 0.2) is 0 Å². The fourth-order valence-electron chi connectivity index (χ4n) is 8.06. The monoisotopic (exact) mass is 580 g/mol. The molecule has 0 nitrogen and oxygen atoms in total. The van der Waals surface area contributed by atoms with Crippen LogP contribution in [0.2, 0.25) is 0 Å². The van der Waals surface area contributed by atoms with Crippen LogP contribution in [0, 0.1) is 0 Å². The molecule has 0 aromatic heterocycles. The molecule has 0 aliphatic carbocycles. The first-order chi connectivity index (χ1) is 22.8. The van der Waals surface area contributed by atoms with E-state index in [4.69, 9.17) is 0 Å². The van der Waals surface area contributed by atoms with E-state index in [9.17, 15) is 0 Å². The fourth-order valence-corrected chi connectivity index (χ4v) is 8.06. The van der Waals surface area contributed by atoms with Crippen molar-refractivity contribution in [2.24, 2.45) is 0 Å². The minimum Gasteiger partial charge on any atom is -0.0622 e. The normalized spacial score (nSPS) is 11.9. The molecule has 0 unspecified atom stereocenters. The predicted octanol–water partition coefficient (Wildman–Crippen LogP) is 13.0. The quantitative estimate of drug-likeness (QED) is 0.144. The molecule has 0 N–H and O–H groups in total. The molecule has 10 aromatic rings. The molecule has 0 aliphatic rings. The summed E-state index contributed by atoms with van der Waals surface area (Å²) in [5.41, 5.74) is 7.56. The third-order valence-electron chi connectivity index (χ3n) is 9.99. The smallest absolute Gasteiger partial charge is 0.00199 e. The van der Waals surface area contributed by atoms with Crippen molar-refractivity contribution in [1.82, 2.24) is 0 Å². The molecular formula is C46H28. The van der Waals surface area contributed by atoms with E-state index in [1.165, 1.54) is 98.0 Å². The Morgan fingerprint density at radius 1 is 0.239 bits per heavy atom. The van der Waals surface area contributed by atoms with Crippen LogP contribution < -0.4 is 0 Å². The molecule has 0 amide bonds. The van der Waals surface area contributed by atoms with Gasteiger partial charge in [-0.1, -0.05) is 164 Å². The summed E-state index contributed by atoms with van der Waals surface area (Å²) in [6.45, 7) is 0. The molecule has 10 rings (SSSR count). The number of fused-ring (bicyclic) bond motifs is 4. The van der Waals surface area contributed by atoms with Crippen LogP contribution in [0.5, 0.6) is 0 Å². The van der Waals surface area contributed by atoms with E-state index in [1.807, 2.05) is 0 Å². The van der Waals surface area contributed by atoms with Crippen LogP contribution in [0.15, 0.2) is 170 Å². The lowest BCUT2D eigenvalue weighted by Crippen LogP contribution is -1.93. The molecule has 0 radical (unpaired) electrons. The van der Waals surface area contributed by atoms with Crippen LogP contribution >= 0.6 is 0 Å². The molecule has 10 aromatic carbocycles. The minimum absolute atomic E-state index is 1.23. The second-order valence-electron chi connectivity index (χ2n) is 12.4. The molecule has 0 saturated carbocycles. The fraction of sp³-hybridized carbons (Fsp3) is 0. The first kappa shape index (κ1) is 25.4. The maximum absolute atomic E-state index is 2.42. The summed E-state index contributed by atoms with van der Waals surface area (Å²) < 4.78 is 0. The lowest BCUT2D eigenvalue weighted by atomic mass is 9.82. The van der Waals surface area contributed by atoms with Crippen molar-refractivity contribution in [2.75, 3.05) is 0 Å². The second-order valence-corrected chi connectivity index (χ2v) is 12.4. The minimum atomic E-state index is 1.23. The largest absolute Gasteiger partial charge is 0.0622 e. The van der Waals surface area contributed by atoms with E-state index in [0.717, 1.165) is 0 Å². The summed E-state index contributed by atoms with van der Waals surface area (Å²) in [5, 5.41) is 15.7. The van der Waals surface area contributed by atoms with Gasteiger partial charge in [0.2, 0.25) is 0 Å². The average Bonchev–Trinajstić information content (AvgIpc) is 3.13. The van der Waals surface area contributed by atoms with Crippen LogP contribution in [0.3, 0.4) is 0 Å². The van der Waals surface area contributed by atoms with E-state index >= 15 is 0 Å². The Labute approximate surface area is 267 Å². The summed E-state index contributed by atoms with van der Waals surface area (Å²) in [4.78, 5) is 0. The van der Waals surface area contributed by atoms with Gasteiger partial charge < -0.3 is 0 Å². The van der Waals surface area contributed by atoms with Gasteiger partial charge in [-0.25, -0.2) is 0 Å². The van der Waals surface area contributed by atoms with Gasteiger partial charge in [0, 0.05) is 0 Å². The molecule has 0 heterocycles. The summed E-state index contributed by atoms with van der Waals surface area (Å²) in [7, 11) is 0. The van der Waals surface area contributed by atoms with E-state index in [1.54, 1.807) is 0 Å². The average molecular weight is 581 g/mol. The highest BCUT2D eigenvalue weighted by atomic mass is 14.2. The number of hydrogen-bond acceptors (Lipinski definition) is 0. The van der Waals surface area contributed by atoms with Crippen molar-refractivity contribution >= 4 is 64.6 Å². The van der Waals surface area contributed by atoms with Crippen LogP contribution in [0.1, 0.15) is 0 Å². The molecule has 0 saturated heterocycles. The van der Waals surface area contributed by atoms with E-state index < -0.39 is 0 Å². The summed E-state index contributed by atoms with van der Waals surface area (Å²) in [6, 6.07) is 62.8. The van der Waals surface area contributed by atoms with Crippen molar-refractivity contribution < 1.29 is 0 Å². The summed E-state index contributed by atoms with van der Waals surface area (Å²) in [5.74, 6) is 0. The van der Waals surface area contributed by atoms with E-state index in [0.29, 0.717) is 0 Å². The Bertz CT molecular complexity index is 2720. The van der Waals surface area contributed by atoms with Gasteiger partial charge in [0.1, 0.15) is 0 Å². The molecule has 0 atom stereocenters. The van der Waals surface area contributed by atoms with Crippen LogP contribution in [-0.2, 0) is 0 Å². The van der Waals surface area contributed by atoms with Gasteiger partial charge in [-0.3, -0.25) is 0 Å². The van der Waals surface area contributed by atoms with Crippen molar-refractivity contribution in [1.29, 1.82) is 0 Å². The second kappa shape index (κ2) is 9.76. The van der Waals surface area contributed by atoms with E-state index in [-0.39, 0.29) is 0 Å². The molecule has 0 spiro atoms. The Kier molecular flexibility index (Phi) is 5.38. The molecule has 0 aliphatic heterocycles.